The molecule has 1 spiro atoms. The molecule has 2 aliphatic heterocycles. The van der Waals surface area contributed by atoms with Crippen molar-refractivity contribution in [1.82, 2.24) is 10.6 Å². The maximum Gasteiger partial charge on any atom is 0.128 e. The van der Waals surface area contributed by atoms with Gasteiger partial charge in [-0.05, 0) is 44.1 Å². The molecule has 3 nitrogen and oxygen atoms in total. The zero-order valence-electron chi connectivity index (χ0n) is 10.7. The number of hydrogen-bond donors (Lipinski definition) is 2. The number of piperidine rings is 1. The molecule has 1 aromatic rings. The van der Waals surface area contributed by atoms with Crippen LogP contribution < -0.4 is 10.6 Å². The smallest absolute Gasteiger partial charge is 0.128 e. The predicted octanol–water partition coefficient (Wildman–Crippen LogP) is 1.75. The molecule has 1 unspecified atom stereocenters. The number of morpholine rings is 1. The van der Waals surface area contributed by atoms with Crippen molar-refractivity contribution in [2.45, 2.75) is 24.5 Å². The van der Waals surface area contributed by atoms with Crippen molar-refractivity contribution < 1.29 is 13.5 Å². The van der Waals surface area contributed by atoms with E-state index >= 15 is 0 Å². The van der Waals surface area contributed by atoms with Crippen LogP contribution in [0.1, 0.15) is 24.4 Å². The van der Waals surface area contributed by atoms with Crippen LogP contribution in [0.25, 0.3) is 0 Å². The fourth-order valence-electron chi connectivity index (χ4n) is 2.86. The second kappa shape index (κ2) is 5.15. The van der Waals surface area contributed by atoms with Gasteiger partial charge in [0.25, 0.3) is 0 Å². The Kier molecular flexibility index (Phi) is 3.52. The highest BCUT2D eigenvalue weighted by atomic mass is 19.1. The third kappa shape index (κ3) is 2.63. The molecule has 2 saturated heterocycles. The van der Waals surface area contributed by atoms with Gasteiger partial charge >= 0.3 is 0 Å². The zero-order valence-corrected chi connectivity index (χ0v) is 10.7. The SMILES string of the molecule is Fc1ccc(F)c(C2COC3(CCNCC3)CN2)c1. The van der Waals surface area contributed by atoms with E-state index in [2.05, 4.69) is 10.6 Å². The van der Waals surface area contributed by atoms with E-state index in [0.717, 1.165) is 32.0 Å². The number of halogens is 2. The Labute approximate surface area is 111 Å². The van der Waals surface area contributed by atoms with Crippen LogP contribution in [0.4, 0.5) is 8.78 Å². The molecule has 2 fully saturated rings. The summed E-state index contributed by atoms with van der Waals surface area (Å²) in [6.07, 6.45) is 1.91. The summed E-state index contributed by atoms with van der Waals surface area (Å²) in [5.74, 6) is -0.802. The molecular formula is C14H18F2N2O. The van der Waals surface area contributed by atoms with Gasteiger partial charge in [-0.2, -0.15) is 0 Å². The molecule has 2 heterocycles. The number of rotatable bonds is 1. The summed E-state index contributed by atoms with van der Waals surface area (Å²) in [6, 6.07) is 3.28. The van der Waals surface area contributed by atoms with Crippen LogP contribution in [0.15, 0.2) is 18.2 Å². The Morgan fingerprint density at radius 3 is 2.68 bits per heavy atom. The number of ether oxygens (including phenoxy) is 1. The number of benzene rings is 1. The molecule has 0 saturated carbocycles. The van der Waals surface area contributed by atoms with E-state index in [0.29, 0.717) is 18.7 Å². The lowest BCUT2D eigenvalue weighted by Crippen LogP contribution is -2.55. The van der Waals surface area contributed by atoms with Crippen LogP contribution in [0.3, 0.4) is 0 Å². The Morgan fingerprint density at radius 2 is 2.00 bits per heavy atom. The minimum atomic E-state index is -0.416. The van der Waals surface area contributed by atoms with Crippen LogP contribution in [0, 0.1) is 11.6 Å². The molecule has 19 heavy (non-hydrogen) atoms. The topological polar surface area (TPSA) is 33.3 Å². The molecule has 0 bridgehead atoms. The van der Waals surface area contributed by atoms with Crippen molar-refractivity contribution >= 4 is 0 Å². The highest BCUT2D eigenvalue weighted by Crippen LogP contribution is 2.30. The zero-order chi connectivity index (χ0) is 13.3. The van der Waals surface area contributed by atoms with E-state index in [1.165, 1.54) is 12.1 Å². The van der Waals surface area contributed by atoms with Gasteiger partial charge < -0.3 is 15.4 Å². The van der Waals surface area contributed by atoms with Gasteiger partial charge in [0.05, 0.1) is 18.2 Å². The molecule has 0 aliphatic carbocycles. The first-order valence-electron chi connectivity index (χ1n) is 6.72. The van der Waals surface area contributed by atoms with Gasteiger partial charge in [-0.3, -0.25) is 0 Å². The van der Waals surface area contributed by atoms with E-state index in [9.17, 15) is 8.78 Å². The lowest BCUT2D eigenvalue weighted by Gasteiger charge is -2.43. The quantitative estimate of drug-likeness (QED) is 0.814. The van der Waals surface area contributed by atoms with E-state index in [4.69, 9.17) is 4.74 Å². The highest BCUT2D eigenvalue weighted by molar-refractivity contribution is 5.23. The molecule has 2 N–H and O–H groups in total. The Bertz CT molecular complexity index is 451. The molecule has 1 atom stereocenters. The maximum atomic E-state index is 13.7. The summed E-state index contributed by atoms with van der Waals surface area (Å²) in [7, 11) is 0. The van der Waals surface area contributed by atoms with Crippen molar-refractivity contribution in [1.29, 1.82) is 0 Å². The van der Waals surface area contributed by atoms with Crippen LogP contribution in [-0.4, -0.2) is 31.8 Å². The van der Waals surface area contributed by atoms with Gasteiger partial charge in [-0.15, -0.1) is 0 Å². The minimum Gasteiger partial charge on any atom is -0.372 e. The van der Waals surface area contributed by atoms with Crippen molar-refractivity contribution in [3.8, 4) is 0 Å². The molecule has 0 radical (unpaired) electrons. The minimum absolute atomic E-state index is 0.133. The van der Waals surface area contributed by atoms with Crippen LogP contribution in [0.5, 0.6) is 0 Å². The van der Waals surface area contributed by atoms with Gasteiger partial charge in [-0.1, -0.05) is 0 Å². The fraction of sp³-hybridized carbons (Fsp3) is 0.571. The molecule has 3 rings (SSSR count). The van der Waals surface area contributed by atoms with E-state index in [-0.39, 0.29) is 17.5 Å². The lowest BCUT2D eigenvalue weighted by atomic mass is 9.89. The molecule has 104 valence electrons. The largest absolute Gasteiger partial charge is 0.372 e. The van der Waals surface area contributed by atoms with Crippen LogP contribution in [0.2, 0.25) is 0 Å². The van der Waals surface area contributed by atoms with Crippen molar-refractivity contribution in [3.05, 3.63) is 35.4 Å². The number of nitrogens with one attached hydrogen (secondary N) is 2. The molecule has 5 heteroatoms. The highest BCUT2D eigenvalue weighted by Gasteiger charge is 2.38. The Hall–Kier alpha value is -1.04. The molecule has 0 aromatic heterocycles. The summed E-state index contributed by atoms with van der Waals surface area (Å²) in [6.45, 7) is 2.97. The fourth-order valence-corrected chi connectivity index (χ4v) is 2.86. The first-order valence-corrected chi connectivity index (χ1v) is 6.72. The molecule has 0 amide bonds. The van der Waals surface area contributed by atoms with Crippen molar-refractivity contribution in [2.75, 3.05) is 26.2 Å². The van der Waals surface area contributed by atoms with Crippen molar-refractivity contribution in [2.24, 2.45) is 0 Å². The average molecular weight is 268 g/mol. The maximum absolute atomic E-state index is 13.7. The number of hydrogen-bond acceptors (Lipinski definition) is 3. The van der Waals surface area contributed by atoms with Gasteiger partial charge in [-0.25, -0.2) is 8.78 Å². The third-order valence-electron chi connectivity index (χ3n) is 4.08. The summed E-state index contributed by atoms with van der Waals surface area (Å²) < 4.78 is 32.9. The second-order valence-electron chi connectivity index (χ2n) is 5.34. The summed E-state index contributed by atoms with van der Waals surface area (Å²) in [5.41, 5.74) is 0.217. The van der Waals surface area contributed by atoms with Gasteiger partial charge in [0.1, 0.15) is 11.6 Å². The Balaban J connectivity index is 1.71. The first-order chi connectivity index (χ1) is 9.19. The van der Waals surface area contributed by atoms with Crippen LogP contribution in [-0.2, 0) is 4.74 Å². The van der Waals surface area contributed by atoms with E-state index < -0.39 is 5.82 Å². The van der Waals surface area contributed by atoms with E-state index in [1.807, 2.05) is 0 Å². The van der Waals surface area contributed by atoms with Gasteiger partial charge in [0.2, 0.25) is 0 Å². The normalized spacial score (nSPS) is 26.5. The molecular weight excluding hydrogens is 250 g/mol. The molecule has 2 aliphatic rings. The summed E-state index contributed by atoms with van der Waals surface area (Å²) in [4.78, 5) is 0. The third-order valence-corrected chi connectivity index (χ3v) is 4.08. The van der Waals surface area contributed by atoms with Crippen LogP contribution >= 0.6 is 0 Å². The lowest BCUT2D eigenvalue weighted by molar-refractivity contribution is -0.100. The second-order valence-corrected chi connectivity index (χ2v) is 5.34. The standard InChI is InChI=1S/C14H18F2N2O/c15-10-1-2-12(16)11(7-10)13-8-19-14(9-18-13)3-5-17-6-4-14/h1-2,7,13,17-18H,3-6,8-9H2. The summed E-state index contributed by atoms with van der Waals surface area (Å²) >= 11 is 0. The molecule has 1 aromatic carbocycles. The van der Waals surface area contributed by atoms with Gasteiger partial charge in [0, 0.05) is 12.1 Å². The summed E-state index contributed by atoms with van der Waals surface area (Å²) in [5, 5.41) is 6.60. The first kappa shape index (κ1) is 13.0. The Morgan fingerprint density at radius 1 is 1.21 bits per heavy atom. The predicted molar refractivity (Wildman–Crippen MR) is 67.9 cm³/mol. The monoisotopic (exact) mass is 268 g/mol. The average Bonchev–Trinajstić information content (AvgIpc) is 2.44. The van der Waals surface area contributed by atoms with E-state index in [1.54, 1.807) is 0 Å². The van der Waals surface area contributed by atoms with Gasteiger partial charge in [0.15, 0.2) is 0 Å². The van der Waals surface area contributed by atoms with Crippen molar-refractivity contribution in [3.63, 3.8) is 0 Å².